The molecule has 1 aliphatic heterocycles. The molecule has 1 unspecified atom stereocenters. The lowest BCUT2D eigenvalue weighted by atomic mass is 9.71. The Morgan fingerprint density at radius 1 is 0.653 bits per heavy atom. The first-order valence-corrected chi connectivity index (χ1v) is 16.7. The van der Waals surface area contributed by atoms with E-state index < -0.39 is 5.60 Å². The van der Waals surface area contributed by atoms with Crippen molar-refractivity contribution in [2.45, 2.75) is 37.7 Å². The summed E-state index contributed by atoms with van der Waals surface area (Å²) >= 11 is 0. The first kappa shape index (κ1) is 30.6. The minimum absolute atomic E-state index is 0.123. The van der Waals surface area contributed by atoms with Gasteiger partial charge in [-0.2, -0.15) is 9.97 Å². The smallest absolute Gasteiger partial charge is 0.322 e. The van der Waals surface area contributed by atoms with Crippen LogP contribution in [0.15, 0.2) is 103 Å². The lowest BCUT2D eigenvalue weighted by Crippen LogP contribution is -2.35. The molecule has 7 heteroatoms. The van der Waals surface area contributed by atoms with Gasteiger partial charge < -0.3 is 18.9 Å². The van der Waals surface area contributed by atoms with Crippen LogP contribution < -0.4 is 18.9 Å². The van der Waals surface area contributed by atoms with Gasteiger partial charge in [0, 0.05) is 33.1 Å². The van der Waals surface area contributed by atoms with Crippen molar-refractivity contribution in [3.8, 4) is 46.0 Å². The van der Waals surface area contributed by atoms with Crippen LogP contribution >= 0.6 is 0 Å². The molecule has 7 nitrogen and oxygen atoms in total. The predicted molar refractivity (Wildman–Crippen MR) is 193 cm³/mol. The first-order chi connectivity index (χ1) is 24.0. The summed E-state index contributed by atoms with van der Waals surface area (Å²) < 4.78 is 23.6. The van der Waals surface area contributed by atoms with E-state index in [1.54, 1.807) is 7.11 Å². The van der Waals surface area contributed by atoms with Crippen molar-refractivity contribution in [3.63, 3.8) is 0 Å². The molecule has 1 aliphatic carbocycles. The van der Waals surface area contributed by atoms with Gasteiger partial charge in [-0.05, 0) is 58.7 Å². The monoisotopic (exact) mass is 647 g/mol. The Bertz CT molecular complexity index is 2220. The van der Waals surface area contributed by atoms with Crippen LogP contribution in [0.3, 0.4) is 0 Å². The van der Waals surface area contributed by atoms with E-state index in [0.717, 1.165) is 52.0 Å². The fourth-order valence-corrected chi connectivity index (χ4v) is 7.94. The summed E-state index contributed by atoms with van der Waals surface area (Å²) in [7, 11) is 4.72. The topological polar surface area (TPSA) is 75.6 Å². The van der Waals surface area contributed by atoms with Gasteiger partial charge >= 0.3 is 12.0 Å². The van der Waals surface area contributed by atoms with E-state index in [0.29, 0.717) is 5.82 Å². The van der Waals surface area contributed by atoms with Gasteiger partial charge in [0.25, 0.3) is 0 Å². The number of ether oxygens (including phenoxy) is 4. The van der Waals surface area contributed by atoms with Crippen molar-refractivity contribution >= 4 is 16.8 Å². The maximum atomic E-state index is 7.49. The molecule has 0 bridgehead atoms. The summed E-state index contributed by atoms with van der Waals surface area (Å²) in [6, 6.07) is 34.3. The maximum Gasteiger partial charge on any atom is 0.322 e. The molecule has 0 radical (unpaired) electrons. The molecular formula is C42H37N3O4. The van der Waals surface area contributed by atoms with Gasteiger partial charge in [-0.1, -0.05) is 105 Å². The van der Waals surface area contributed by atoms with Crippen LogP contribution in [-0.4, -0.2) is 36.3 Å². The standard InChI is InChI=1S/C42H37N3O4/c1-6-41(7-2)34-15-11-10-14-32(34)35-30-12-8-9-13-31(30)37-33(36(35)41)24-25-42(49-37,28-20-22-29(46-3)23-21-28)27-18-16-26(17-19-27)38-43-39(47-4)45-40(44-38)48-5/h8-25H,6-7H2,1-5H3. The minimum Gasteiger partial charge on any atom is -0.497 e. The van der Waals surface area contributed by atoms with Crippen molar-refractivity contribution in [3.05, 3.63) is 131 Å². The third-order valence-electron chi connectivity index (χ3n) is 10.4. The molecule has 6 aromatic rings. The fraction of sp³-hybridized carbons (Fsp3) is 0.214. The molecule has 0 spiro atoms. The number of rotatable bonds is 8. The Hall–Kier alpha value is -5.69. The largest absolute Gasteiger partial charge is 0.497 e. The summed E-state index contributed by atoms with van der Waals surface area (Å²) in [5.74, 6) is 2.13. The molecule has 49 heavy (non-hydrogen) atoms. The number of hydrogen-bond acceptors (Lipinski definition) is 7. The Labute approximate surface area is 286 Å². The maximum absolute atomic E-state index is 7.49. The fourth-order valence-electron chi connectivity index (χ4n) is 7.94. The normalized spacial score (nSPS) is 16.8. The van der Waals surface area contributed by atoms with Crippen LogP contribution in [0.1, 0.15) is 54.5 Å². The van der Waals surface area contributed by atoms with Gasteiger partial charge in [0.2, 0.25) is 0 Å². The highest BCUT2D eigenvalue weighted by atomic mass is 16.5. The number of aromatic nitrogens is 3. The molecule has 0 fully saturated rings. The van der Waals surface area contributed by atoms with Gasteiger partial charge in [0.15, 0.2) is 11.4 Å². The van der Waals surface area contributed by atoms with E-state index >= 15 is 0 Å². The van der Waals surface area contributed by atoms with Crippen LogP contribution in [0.25, 0.3) is 39.4 Å². The summed E-state index contributed by atoms with van der Waals surface area (Å²) in [5, 5.41) is 2.30. The number of nitrogens with zero attached hydrogens (tertiary/aromatic N) is 3. The van der Waals surface area contributed by atoms with Crippen molar-refractivity contribution in [2.75, 3.05) is 21.3 Å². The zero-order valence-electron chi connectivity index (χ0n) is 28.3. The second kappa shape index (κ2) is 11.8. The van der Waals surface area contributed by atoms with E-state index in [-0.39, 0.29) is 17.4 Å². The predicted octanol–water partition coefficient (Wildman–Crippen LogP) is 9.15. The Morgan fingerprint density at radius 3 is 1.90 bits per heavy atom. The average molecular weight is 648 g/mol. The van der Waals surface area contributed by atoms with Gasteiger partial charge in [-0.3, -0.25) is 0 Å². The Morgan fingerprint density at radius 2 is 1.27 bits per heavy atom. The van der Waals surface area contributed by atoms with Crippen molar-refractivity contribution in [1.29, 1.82) is 0 Å². The molecule has 2 heterocycles. The highest BCUT2D eigenvalue weighted by Crippen LogP contribution is 2.60. The second-order valence-electron chi connectivity index (χ2n) is 12.5. The van der Waals surface area contributed by atoms with Crippen molar-refractivity contribution in [1.82, 2.24) is 15.0 Å². The third-order valence-corrected chi connectivity index (χ3v) is 10.4. The van der Waals surface area contributed by atoms with E-state index in [9.17, 15) is 0 Å². The summed E-state index contributed by atoms with van der Waals surface area (Å²) in [5.41, 5.74) is 8.24. The van der Waals surface area contributed by atoms with Crippen LogP contribution in [0.5, 0.6) is 23.5 Å². The molecular weight excluding hydrogens is 610 g/mol. The molecule has 244 valence electrons. The number of fused-ring (bicyclic) bond motifs is 8. The molecule has 0 saturated carbocycles. The quantitative estimate of drug-likeness (QED) is 0.163. The Kier molecular flexibility index (Phi) is 7.36. The third kappa shape index (κ3) is 4.52. The second-order valence-corrected chi connectivity index (χ2v) is 12.5. The van der Waals surface area contributed by atoms with Gasteiger partial charge in [0.1, 0.15) is 11.5 Å². The van der Waals surface area contributed by atoms with E-state index in [2.05, 4.69) is 114 Å². The lowest BCUT2D eigenvalue weighted by molar-refractivity contribution is 0.163. The van der Waals surface area contributed by atoms with Crippen LogP contribution in [0.2, 0.25) is 0 Å². The number of benzene rings is 5. The lowest BCUT2D eigenvalue weighted by Gasteiger charge is -2.39. The SMILES string of the molecule is CCC1(CC)c2ccccc2-c2c1c1c(c3ccccc23)OC(c2ccc(OC)cc2)(c2ccc(-c3nc(OC)nc(OC)n3)cc2)C=C1. The number of hydrogen-bond donors (Lipinski definition) is 0. The zero-order valence-corrected chi connectivity index (χ0v) is 28.3. The van der Waals surface area contributed by atoms with Crippen LogP contribution in [-0.2, 0) is 11.0 Å². The van der Waals surface area contributed by atoms with Crippen LogP contribution in [0.4, 0.5) is 0 Å². The molecule has 0 saturated heterocycles. The van der Waals surface area contributed by atoms with E-state index in [4.69, 9.17) is 18.9 Å². The summed E-state index contributed by atoms with van der Waals surface area (Å²) in [6.07, 6.45) is 6.50. The van der Waals surface area contributed by atoms with E-state index in [1.165, 1.54) is 41.9 Å². The molecule has 5 aromatic carbocycles. The molecule has 1 atom stereocenters. The van der Waals surface area contributed by atoms with Crippen LogP contribution in [0, 0.1) is 0 Å². The van der Waals surface area contributed by atoms with Gasteiger partial charge in [-0.15, -0.1) is 4.98 Å². The number of methoxy groups -OCH3 is 3. The van der Waals surface area contributed by atoms with Gasteiger partial charge in [-0.25, -0.2) is 0 Å². The first-order valence-electron chi connectivity index (χ1n) is 16.7. The Balaban J connectivity index is 1.35. The minimum atomic E-state index is -0.935. The van der Waals surface area contributed by atoms with E-state index in [1.807, 2.05) is 24.3 Å². The van der Waals surface area contributed by atoms with Crippen molar-refractivity contribution < 1.29 is 18.9 Å². The van der Waals surface area contributed by atoms with Gasteiger partial charge in [0.05, 0.1) is 21.3 Å². The molecule has 8 rings (SSSR count). The molecule has 1 aromatic heterocycles. The molecule has 2 aliphatic rings. The molecule has 0 amide bonds. The highest BCUT2D eigenvalue weighted by molar-refractivity contribution is 6.08. The van der Waals surface area contributed by atoms with Crippen molar-refractivity contribution in [2.24, 2.45) is 0 Å². The zero-order chi connectivity index (χ0) is 33.8. The summed E-state index contributed by atoms with van der Waals surface area (Å²) in [4.78, 5) is 13.1. The highest BCUT2D eigenvalue weighted by Gasteiger charge is 2.46. The average Bonchev–Trinajstić information content (AvgIpc) is 3.48. The molecule has 0 N–H and O–H groups in total. The summed E-state index contributed by atoms with van der Waals surface area (Å²) in [6.45, 7) is 4.62.